The number of nitrogens with one attached hydrogen (secondary N) is 1. The number of hydrogen-bond donors (Lipinski definition) is 2. The van der Waals surface area contributed by atoms with Gasteiger partial charge in [0.15, 0.2) is 5.69 Å². The Kier molecular flexibility index (Phi) is 7.42. The molecule has 2 aliphatic rings. The summed E-state index contributed by atoms with van der Waals surface area (Å²) in [7, 11) is 0. The highest BCUT2D eigenvalue weighted by Gasteiger charge is 2.68. The summed E-state index contributed by atoms with van der Waals surface area (Å²) in [6, 6.07) is 4.60. The van der Waals surface area contributed by atoms with E-state index in [2.05, 4.69) is 43.2 Å². The maximum Gasteiger partial charge on any atom is 0.435 e. The molecule has 2 aliphatic carbocycles. The van der Waals surface area contributed by atoms with Crippen LogP contribution in [0.4, 0.5) is 30.7 Å². The number of benzene rings is 1. The second-order valence-corrected chi connectivity index (χ2v) is 11.7. The van der Waals surface area contributed by atoms with Gasteiger partial charge in [-0.25, -0.2) is 13.8 Å². The summed E-state index contributed by atoms with van der Waals surface area (Å²) >= 11 is 3.31. The molecule has 0 bridgehead atoms. The number of nitrogens with zero attached hydrogens (tertiary/aromatic N) is 3. The van der Waals surface area contributed by atoms with Gasteiger partial charge in [0.1, 0.15) is 35.2 Å². The third-order valence-electron chi connectivity index (χ3n) is 6.89. The van der Waals surface area contributed by atoms with Crippen molar-refractivity contribution in [1.82, 2.24) is 20.1 Å². The van der Waals surface area contributed by atoms with Crippen LogP contribution >= 0.6 is 15.9 Å². The molecule has 2 heterocycles. The molecule has 42 heavy (non-hydrogen) atoms. The summed E-state index contributed by atoms with van der Waals surface area (Å²) in [6.07, 6.45) is -5.33. The zero-order chi connectivity index (χ0) is 30.8. The molecule has 0 aliphatic heterocycles. The molecule has 1 amide bonds. The normalized spacial score (nSPS) is 19.4. The molecule has 1 aromatic carbocycles. The van der Waals surface area contributed by atoms with Gasteiger partial charge in [0.25, 0.3) is 5.92 Å². The first-order chi connectivity index (χ1) is 19.4. The van der Waals surface area contributed by atoms with Crippen LogP contribution in [0.2, 0.25) is 0 Å². The lowest BCUT2D eigenvalue weighted by molar-refractivity contribution is -0.142. The summed E-state index contributed by atoms with van der Waals surface area (Å²) in [4.78, 5) is 17.6. The Labute approximate surface area is 243 Å². The summed E-state index contributed by atoms with van der Waals surface area (Å²) < 4.78 is 99.5. The number of fused-ring (bicyclic) bond motifs is 3. The third-order valence-corrected chi connectivity index (χ3v) is 7.56. The van der Waals surface area contributed by atoms with Crippen LogP contribution in [0.5, 0.6) is 0 Å². The second kappa shape index (κ2) is 10.4. The Morgan fingerprint density at radius 3 is 2.50 bits per heavy atom. The fourth-order valence-corrected chi connectivity index (χ4v) is 5.64. The van der Waals surface area contributed by atoms with Crippen molar-refractivity contribution in [3.05, 3.63) is 80.3 Å². The molecular formula is C28H22BrF7N4O2. The molecule has 2 aromatic heterocycles. The number of halogens is 8. The summed E-state index contributed by atoms with van der Waals surface area (Å²) in [5.74, 6) is -3.36. The number of carbonyl (C=O) groups is 1. The van der Waals surface area contributed by atoms with Crippen LogP contribution in [0.15, 0.2) is 34.8 Å². The second-order valence-electron chi connectivity index (χ2n) is 10.8. The molecular weight excluding hydrogens is 637 g/mol. The van der Waals surface area contributed by atoms with E-state index in [0.29, 0.717) is 15.2 Å². The van der Waals surface area contributed by atoms with E-state index in [0.717, 1.165) is 12.1 Å². The lowest BCUT2D eigenvalue weighted by atomic mass is 10.0. The average molecular weight is 659 g/mol. The molecule has 0 spiro atoms. The van der Waals surface area contributed by atoms with Gasteiger partial charge in [-0.2, -0.15) is 27.1 Å². The first-order valence-electron chi connectivity index (χ1n) is 12.7. The van der Waals surface area contributed by atoms with E-state index in [1.54, 1.807) is 0 Å². The molecule has 222 valence electrons. The van der Waals surface area contributed by atoms with Crippen LogP contribution in [0, 0.1) is 29.4 Å². The number of pyridine rings is 1. The first kappa shape index (κ1) is 30.0. The highest BCUT2D eigenvalue weighted by molar-refractivity contribution is 9.10. The number of aromatic nitrogens is 3. The van der Waals surface area contributed by atoms with E-state index < -0.39 is 76.6 Å². The molecule has 1 fully saturated rings. The largest absolute Gasteiger partial charge is 0.435 e. The van der Waals surface area contributed by atoms with Crippen LogP contribution in [-0.2, 0) is 29.9 Å². The minimum Gasteiger partial charge on any atom is -0.378 e. The van der Waals surface area contributed by atoms with Gasteiger partial charge in [-0.15, -0.1) is 0 Å². The Balaban J connectivity index is 1.49. The summed E-state index contributed by atoms with van der Waals surface area (Å²) in [5, 5.41) is 15.8. The van der Waals surface area contributed by atoms with Crippen molar-refractivity contribution < 1.29 is 40.6 Å². The van der Waals surface area contributed by atoms with Crippen molar-refractivity contribution in [2.75, 3.05) is 0 Å². The van der Waals surface area contributed by atoms with E-state index in [9.17, 15) is 40.6 Å². The monoisotopic (exact) mass is 658 g/mol. The molecule has 1 saturated carbocycles. The number of hydrogen-bond acceptors (Lipinski definition) is 4. The molecule has 2 N–H and O–H groups in total. The molecule has 0 radical (unpaired) electrons. The Morgan fingerprint density at radius 2 is 1.88 bits per heavy atom. The van der Waals surface area contributed by atoms with Crippen molar-refractivity contribution in [2.24, 2.45) is 5.92 Å². The Morgan fingerprint density at radius 1 is 1.21 bits per heavy atom. The van der Waals surface area contributed by atoms with Crippen molar-refractivity contribution in [2.45, 2.75) is 62.9 Å². The number of alkyl halides is 5. The van der Waals surface area contributed by atoms with Gasteiger partial charge in [0, 0.05) is 22.0 Å². The van der Waals surface area contributed by atoms with Crippen LogP contribution < -0.4 is 5.32 Å². The van der Waals surface area contributed by atoms with E-state index in [-0.39, 0.29) is 29.8 Å². The average Bonchev–Trinajstić information content (AvgIpc) is 3.50. The summed E-state index contributed by atoms with van der Waals surface area (Å²) in [6.45, 7) is 1.92. The summed E-state index contributed by atoms with van der Waals surface area (Å²) in [5.41, 5.74) is -3.92. The molecule has 5 rings (SSSR count). The number of amides is 1. The lowest BCUT2D eigenvalue weighted by Crippen LogP contribution is -2.35. The molecule has 3 aromatic rings. The van der Waals surface area contributed by atoms with E-state index >= 15 is 0 Å². The van der Waals surface area contributed by atoms with Gasteiger partial charge in [-0.1, -0.05) is 5.92 Å². The number of carbonyl (C=O) groups excluding carboxylic acids is 1. The van der Waals surface area contributed by atoms with Crippen LogP contribution in [0.3, 0.4) is 0 Å². The Hall–Kier alpha value is -3.44. The molecule has 6 nitrogen and oxygen atoms in total. The van der Waals surface area contributed by atoms with Crippen molar-refractivity contribution >= 4 is 21.8 Å². The van der Waals surface area contributed by atoms with Crippen LogP contribution in [0.25, 0.3) is 0 Å². The van der Waals surface area contributed by atoms with Gasteiger partial charge in [-0.05, 0) is 84.3 Å². The minimum atomic E-state index is -5.00. The first-order valence-corrected chi connectivity index (χ1v) is 13.5. The fraction of sp³-hybridized carbons (Fsp3) is 0.393. The van der Waals surface area contributed by atoms with E-state index in [4.69, 9.17) is 0 Å². The quantitative estimate of drug-likeness (QED) is 0.260. The van der Waals surface area contributed by atoms with E-state index in [1.165, 1.54) is 26.0 Å². The standard InChI is InChI=1S/C28H22BrF7N4O2/c1-26(2,42)6-5-16-3-4-19(29)23(37-16)20(9-13-7-14(30)10-15(31)8-13)38-21(41)12-40-25-22(24(39-40)28(34,35)36)17-11-18(17)27(25,32)33/h3-4,7-8,10,17-18,20,42H,9,11-12H2,1-2H3,(H,38,41)/t17-,18+,20?/m0/s1. The highest BCUT2D eigenvalue weighted by Crippen LogP contribution is 2.68. The van der Waals surface area contributed by atoms with Crippen molar-refractivity contribution in [3.8, 4) is 11.8 Å². The maximum absolute atomic E-state index is 15.0. The van der Waals surface area contributed by atoms with Crippen molar-refractivity contribution in [1.29, 1.82) is 0 Å². The smallest absolute Gasteiger partial charge is 0.378 e. The fourth-order valence-electron chi connectivity index (χ4n) is 5.14. The lowest BCUT2D eigenvalue weighted by Gasteiger charge is -2.21. The maximum atomic E-state index is 15.0. The van der Waals surface area contributed by atoms with Gasteiger partial charge in [0.05, 0.1) is 11.7 Å². The topological polar surface area (TPSA) is 80.0 Å². The van der Waals surface area contributed by atoms with Gasteiger partial charge < -0.3 is 10.4 Å². The zero-order valence-electron chi connectivity index (χ0n) is 22.0. The SMILES string of the molecule is CC(C)(O)C#Cc1ccc(Br)c(C(Cc2cc(F)cc(F)c2)NC(=O)Cn2nc(C(F)(F)F)c3c2C(F)(F)[C@@H]2C[C@H]32)n1. The number of rotatable bonds is 6. The zero-order valence-corrected chi connectivity index (χ0v) is 23.5. The number of aliphatic hydroxyl groups is 1. The molecule has 14 heteroatoms. The molecule has 0 saturated heterocycles. The Bertz CT molecular complexity index is 1620. The van der Waals surface area contributed by atoms with Crippen LogP contribution in [0.1, 0.15) is 66.1 Å². The molecule has 3 atom stereocenters. The third kappa shape index (κ3) is 6.03. The molecule has 1 unspecified atom stereocenters. The van der Waals surface area contributed by atoms with Gasteiger partial charge in [0.2, 0.25) is 5.91 Å². The van der Waals surface area contributed by atoms with Crippen molar-refractivity contribution in [3.63, 3.8) is 0 Å². The minimum absolute atomic E-state index is 0.0976. The van der Waals surface area contributed by atoms with Gasteiger partial charge in [-0.3, -0.25) is 9.48 Å². The van der Waals surface area contributed by atoms with Crippen LogP contribution in [-0.4, -0.2) is 31.4 Å². The predicted molar refractivity (Wildman–Crippen MR) is 138 cm³/mol. The highest BCUT2D eigenvalue weighted by atomic mass is 79.9. The van der Waals surface area contributed by atoms with E-state index in [1.807, 2.05) is 0 Å². The van der Waals surface area contributed by atoms with Gasteiger partial charge >= 0.3 is 6.18 Å². The predicted octanol–water partition coefficient (Wildman–Crippen LogP) is 5.77.